The van der Waals surface area contributed by atoms with Gasteiger partial charge in [-0.1, -0.05) is 38.3 Å². The number of rotatable bonds is 4. The number of nitrogens with zero attached hydrogens (tertiary/aromatic N) is 4. The molecule has 2 aliphatic rings. The quantitative estimate of drug-likeness (QED) is 0.854. The second kappa shape index (κ2) is 8.77. The van der Waals surface area contributed by atoms with Crippen LogP contribution in [0, 0.1) is 17.2 Å². The number of fused-ring (bicyclic) bond motifs is 1. The van der Waals surface area contributed by atoms with E-state index in [1.165, 1.54) is 6.42 Å². The van der Waals surface area contributed by atoms with Crippen LogP contribution in [0.3, 0.4) is 0 Å². The lowest BCUT2D eigenvalue weighted by Crippen LogP contribution is -2.40. The van der Waals surface area contributed by atoms with Gasteiger partial charge >= 0.3 is 0 Å². The summed E-state index contributed by atoms with van der Waals surface area (Å²) in [6.45, 7) is 4.02. The zero-order valence-electron chi connectivity index (χ0n) is 17.1. The van der Waals surface area contributed by atoms with E-state index < -0.39 is 5.92 Å². The molecule has 2 fully saturated rings. The molecule has 2 aromatic rings. The molecule has 1 atom stereocenters. The highest BCUT2D eigenvalue weighted by atomic mass is 16.2. The number of amides is 1. The van der Waals surface area contributed by atoms with E-state index in [2.05, 4.69) is 23.2 Å². The smallest absolute Gasteiger partial charge is 0.243 e. The number of carbonyl (C=O) groups excluding carboxylic acids is 1. The average Bonchev–Trinajstić information content (AvgIpc) is 2.75. The van der Waals surface area contributed by atoms with E-state index in [4.69, 9.17) is 9.97 Å². The summed E-state index contributed by atoms with van der Waals surface area (Å²) in [4.78, 5) is 24.9. The number of nitrogens with one attached hydrogen (secondary N) is 1. The number of hydrogen-bond donors (Lipinski definition) is 1. The van der Waals surface area contributed by atoms with Crippen LogP contribution in [0.1, 0.15) is 63.5 Å². The fourth-order valence-corrected chi connectivity index (χ4v) is 4.43. The second-order valence-corrected chi connectivity index (χ2v) is 8.50. The van der Waals surface area contributed by atoms with Gasteiger partial charge in [0.05, 0.1) is 17.1 Å². The maximum absolute atomic E-state index is 13.0. The van der Waals surface area contributed by atoms with Crippen LogP contribution in [0.5, 0.6) is 0 Å². The van der Waals surface area contributed by atoms with E-state index in [9.17, 15) is 10.1 Å². The summed E-state index contributed by atoms with van der Waals surface area (Å²) in [5, 5.41) is 13.0. The monoisotopic (exact) mass is 391 g/mol. The molecular formula is C23H29N5O. The molecule has 29 heavy (non-hydrogen) atoms. The van der Waals surface area contributed by atoms with Crippen molar-refractivity contribution in [2.45, 2.75) is 63.8 Å². The van der Waals surface area contributed by atoms with Crippen molar-refractivity contribution < 1.29 is 4.79 Å². The van der Waals surface area contributed by atoms with Crippen molar-refractivity contribution in [3.05, 3.63) is 30.0 Å². The van der Waals surface area contributed by atoms with Gasteiger partial charge in [-0.25, -0.2) is 9.97 Å². The fraction of sp³-hybridized carbons (Fsp3) is 0.565. The van der Waals surface area contributed by atoms with Crippen LogP contribution in [-0.2, 0) is 4.79 Å². The van der Waals surface area contributed by atoms with Crippen molar-refractivity contribution in [2.24, 2.45) is 5.92 Å². The number of piperidine rings is 1. The Hall–Kier alpha value is -2.68. The van der Waals surface area contributed by atoms with Crippen LogP contribution in [0.4, 0.5) is 5.82 Å². The van der Waals surface area contributed by atoms with Crippen LogP contribution in [0.25, 0.3) is 11.0 Å². The molecule has 1 aliphatic carbocycles. The van der Waals surface area contributed by atoms with Gasteiger partial charge in [0, 0.05) is 19.1 Å². The summed E-state index contributed by atoms with van der Waals surface area (Å²) in [6, 6.07) is 10.1. The molecule has 1 N–H and O–H groups in total. The molecule has 0 spiro atoms. The summed E-state index contributed by atoms with van der Waals surface area (Å²) in [5.74, 6) is 0.199. The summed E-state index contributed by atoms with van der Waals surface area (Å²) in [6.07, 6.45) is 7.64. The van der Waals surface area contributed by atoms with Gasteiger partial charge in [-0.2, -0.15) is 5.26 Å². The molecule has 1 aliphatic heterocycles. The lowest BCUT2D eigenvalue weighted by atomic mass is 9.94. The van der Waals surface area contributed by atoms with Crippen molar-refractivity contribution in [1.29, 1.82) is 5.26 Å². The van der Waals surface area contributed by atoms with Gasteiger partial charge in [0.2, 0.25) is 5.91 Å². The molecule has 0 unspecified atom stereocenters. The minimum atomic E-state index is -0.941. The van der Waals surface area contributed by atoms with Crippen LogP contribution < -0.4 is 10.2 Å². The minimum absolute atomic E-state index is 0.166. The van der Waals surface area contributed by atoms with Gasteiger partial charge in [0.1, 0.15) is 5.69 Å². The summed E-state index contributed by atoms with van der Waals surface area (Å²) < 4.78 is 0. The molecule has 1 amide bonds. The summed E-state index contributed by atoms with van der Waals surface area (Å²) in [7, 11) is 0. The first-order valence-electron chi connectivity index (χ1n) is 10.9. The molecule has 1 saturated carbocycles. The lowest BCUT2D eigenvalue weighted by Gasteiger charge is -2.33. The van der Waals surface area contributed by atoms with Crippen molar-refractivity contribution in [3.8, 4) is 6.07 Å². The zero-order chi connectivity index (χ0) is 20.2. The van der Waals surface area contributed by atoms with Gasteiger partial charge in [-0.3, -0.25) is 4.79 Å². The van der Waals surface area contributed by atoms with E-state index in [0.29, 0.717) is 17.4 Å². The largest absolute Gasteiger partial charge is 0.355 e. The number of hydrogen-bond acceptors (Lipinski definition) is 5. The third-order valence-electron chi connectivity index (χ3n) is 6.28. The number of anilines is 1. The Balaban J connectivity index is 1.68. The lowest BCUT2D eigenvalue weighted by molar-refractivity contribution is -0.122. The Morgan fingerprint density at radius 2 is 1.76 bits per heavy atom. The van der Waals surface area contributed by atoms with E-state index in [0.717, 1.165) is 62.6 Å². The zero-order valence-corrected chi connectivity index (χ0v) is 17.1. The van der Waals surface area contributed by atoms with Crippen molar-refractivity contribution in [3.63, 3.8) is 0 Å². The summed E-state index contributed by atoms with van der Waals surface area (Å²) >= 11 is 0. The van der Waals surface area contributed by atoms with Crippen LogP contribution in [-0.4, -0.2) is 35.0 Å². The van der Waals surface area contributed by atoms with Gasteiger partial charge in [-0.05, 0) is 43.7 Å². The Bertz CT molecular complexity index is 907. The van der Waals surface area contributed by atoms with Crippen molar-refractivity contribution in [2.75, 3.05) is 18.0 Å². The molecule has 1 aromatic carbocycles. The Kier molecular flexibility index (Phi) is 5.94. The highest BCUT2D eigenvalue weighted by Gasteiger charge is 2.31. The van der Waals surface area contributed by atoms with Gasteiger partial charge < -0.3 is 10.2 Å². The predicted molar refractivity (Wildman–Crippen MR) is 114 cm³/mol. The number of nitriles is 1. The first kappa shape index (κ1) is 19.6. The fourth-order valence-electron chi connectivity index (χ4n) is 4.43. The molecule has 1 aromatic heterocycles. The normalized spacial score (nSPS) is 19.7. The Morgan fingerprint density at radius 3 is 2.41 bits per heavy atom. The van der Waals surface area contributed by atoms with Gasteiger partial charge in [-0.15, -0.1) is 0 Å². The molecule has 0 bridgehead atoms. The molecule has 0 radical (unpaired) electrons. The van der Waals surface area contributed by atoms with E-state index in [1.54, 1.807) is 0 Å². The molecule has 152 valence electrons. The molecular weight excluding hydrogens is 362 g/mol. The number of para-hydroxylation sites is 2. The number of benzene rings is 1. The minimum Gasteiger partial charge on any atom is -0.355 e. The van der Waals surface area contributed by atoms with E-state index in [1.807, 2.05) is 24.3 Å². The molecule has 4 rings (SSSR count). The maximum Gasteiger partial charge on any atom is 0.243 e. The highest BCUT2D eigenvalue weighted by molar-refractivity contribution is 5.89. The molecule has 6 heteroatoms. The van der Waals surface area contributed by atoms with Crippen molar-refractivity contribution >= 4 is 22.8 Å². The first-order valence-corrected chi connectivity index (χ1v) is 10.9. The maximum atomic E-state index is 13.0. The Morgan fingerprint density at radius 1 is 1.10 bits per heavy atom. The van der Waals surface area contributed by atoms with Crippen LogP contribution >= 0.6 is 0 Å². The van der Waals surface area contributed by atoms with Crippen LogP contribution in [0.15, 0.2) is 24.3 Å². The SMILES string of the molecule is CC1CCN(c2nc3ccccc3nc2[C@H](C#N)C(=O)NC2CCCCC2)CC1. The van der Waals surface area contributed by atoms with Crippen molar-refractivity contribution in [1.82, 2.24) is 15.3 Å². The average molecular weight is 392 g/mol. The summed E-state index contributed by atoms with van der Waals surface area (Å²) in [5.41, 5.74) is 2.02. The van der Waals surface area contributed by atoms with Gasteiger partial charge in [0.25, 0.3) is 0 Å². The standard InChI is InChI=1S/C23H29N5O/c1-16-11-13-28(14-12-16)22-21(26-19-9-5-6-10-20(19)27-22)18(15-24)23(29)25-17-7-3-2-4-8-17/h5-6,9-10,16-18H,2-4,7-8,11-14H2,1H3,(H,25,29)/t18-/m0/s1. The third-order valence-corrected chi connectivity index (χ3v) is 6.28. The van der Waals surface area contributed by atoms with E-state index >= 15 is 0 Å². The Labute approximate surface area is 172 Å². The number of aromatic nitrogens is 2. The van der Waals surface area contributed by atoms with E-state index in [-0.39, 0.29) is 11.9 Å². The van der Waals surface area contributed by atoms with Crippen LogP contribution in [0.2, 0.25) is 0 Å². The number of carbonyl (C=O) groups is 1. The molecule has 6 nitrogen and oxygen atoms in total. The predicted octanol–water partition coefficient (Wildman–Crippen LogP) is 3.92. The highest BCUT2D eigenvalue weighted by Crippen LogP contribution is 2.30. The topological polar surface area (TPSA) is 81.9 Å². The van der Waals surface area contributed by atoms with Gasteiger partial charge in [0.15, 0.2) is 11.7 Å². The molecule has 2 heterocycles. The third kappa shape index (κ3) is 4.34. The molecule has 1 saturated heterocycles. The second-order valence-electron chi connectivity index (χ2n) is 8.50. The first-order chi connectivity index (χ1) is 14.2.